The molecule has 4 rings (SSSR count). The number of rotatable bonds is 5. The van der Waals surface area contributed by atoms with Gasteiger partial charge in [0.25, 0.3) is 0 Å². The van der Waals surface area contributed by atoms with Gasteiger partial charge in [-0.1, -0.05) is 20.8 Å². The quantitative estimate of drug-likeness (QED) is 0.785. The molecule has 1 heterocycles. The number of sulfonamides is 2. The molecule has 3 fully saturated rings. The molecule has 28 heavy (non-hydrogen) atoms. The van der Waals surface area contributed by atoms with Crippen LogP contribution in [-0.2, 0) is 20.0 Å². The minimum atomic E-state index is -3.69. The van der Waals surface area contributed by atoms with E-state index in [-0.39, 0.29) is 26.7 Å². The van der Waals surface area contributed by atoms with Crippen LogP contribution in [0.1, 0.15) is 52.9 Å². The molecule has 6 nitrogen and oxygen atoms in total. The highest BCUT2D eigenvalue weighted by Crippen LogP contribution is 2.65. The van der Waals surface area contributed by atoms with E-state index in [0.717, 1.165) is 32.1 Å². The van der Waals surface area contributed by atoms with Crippen molar-refractivity contribution in [2.45, 2.75) is 68.7 Å². The summed E-state index contributed by atoms with van der Waals surface area (Å²) in [6.45, 7) is 7.75. The summed E-state index contributed by atoms with van der Waals surface area (Å²) in [5.74, 6) is 0.540. The van der Waals surface area contributed by atoms with Crippen LogP contribution in [0.15, 0.2) is 34.1 Å². The predicted molar refractivity (Wildman–Crippen MR) is 108 cm³/mol. The highest BCUT2D eigenvalue weighted by atomic mass is 32.2. The second kappa shape index (κ2) is 6.52. The second-order valence-electron chi connectivity index (χ2n) is 9.37. The molecular weight excluding hydrogens is 396 g/mol. The lowest BCUT2D eigenvalue weighted by Crippen LogP contribution is -2.46. The molecular formula is C20H30N2O4S2. The first-order chi connectivity index (χ1) is 13.0. The molecule has 0 radical (unpaired) electrons. The first-order valence-electron chi connectivity index (χ1n) is 10.1. The SMILES string of the molecule is CC1(C)[C@H]2CC[C@@]1(C)[C@@H](NS(=O)(=O)c1ccc(S(=O)(=O)N3CCCC3)cc1)C2. The molecule has 0 amide bonds. The van der Waals surface area contributed by atoms with Crippen LogP contribution in [0.5, 0.6) is 0 Å². The van der Waals surface area contributed by atoms with E-state index in [1.807, 2.05) is 0 Å². The molecule has 1 aliphatic heterocycles. The zero-order valence-corrected chi connectivity index (χ0v) is 18.4. The zero-order valence-electron chi connectivity index (χ0n) is 16.8. The molecule has 1 aromatic carbocycles. The van der Waals surface area contributed by atoms with E-state index in [2.05, 4.69) is 25.5 Å². The van der Waals surface area contributed by atoms with Crippen LogP contribution < -0.4 is 4.72 Å². The minimum Gasteiger partial charge on any atom is -0.207 e. The number of hydrogen-bond donors (Lipinski definition) is 1. The maximum atomic E-state index is 13.0. The summed E-state index contributed by atoms with van der Waals surface area (Å²) in [5, 5.41) is 0. The summed E-state index contributed by atoms with van der Waals surface area (Å²) in [4.78, 5) is 0.276. The Morgan fingerprint density at radius 1 is 0.964 bits per heavy atom. The van der Waals surface area contributed by atoms with Gasteiger partial charge in [0.05, 0.1) is 9.79 Å². The lowest BCUT2D eigenvalue weighted by molar-refractivity contribution is 0.130. The van der Waals surface area contributed by atoms with E-state index >= 15 is 0 Å². The smallest absolute Gasteiger partial charge is 0.207 e. The van der Waals surface area contributed by atoms with Crippen LogP contribution in [-0.4, -0.2) is 40.3 Å². The van der Waals surface area contributed by atoms with Crippen LogP contribution in [0.25, 0.3) is 0 Å². The van der Waals surface area contributed by atoms with Gasteiger partial charge in [-0.15, -0.1) is 0 Å². The monoisotopic (exact) mass is 426 g/mol. The van der Waals surface area contributed by atoms with Crippen molar-refractivity contribution in [2.75, 3.05) is 13.1 Å². The maximum absolute atomic E-state index is 13.0. The molecule has 0 spiro atoms. The van der Waals surface area contributed by atoms with Crippen LogP contribution in [0.4, 0.5) is 0 Å². The molecule has 0 unspecified atom stereocenters. The van der Waals surface area contributed by atoms with Gasteiger partial charge in [0, 0.05) is 19.1 Å². The number of benzene rings is 1. The van der Waals surface area contributed by atoms with Crippen molar-refractivity contribution >= 4 is 20.0 Å². The fraction of sp³-hybridized carbons (Fsp3) is 0.700. The Morgan fingerprint density at radius 2 is 1.54 bits per heavy atom. The maximum Gasteiger partial charge on any atom is 0.243 e. The molecule has 1 N–H and O–H groups in total. The van der Waals surface area contributed by atoms with Gasteiger partial charge < -0.3 is 0 Å². The summed E-state index contributed by atoms with van der Waals surface area (Å²) in [5.41, 5.74) is 0.0671. The van der Waals surface area contributed by atoms with Gasteiger partial charge in [-0.2, -0.15) is 4.31 Å². The van der Waals surface area contributed by atoms with Gasteiger partial charge in [0.15, 0.2) is 0 Å². The zero-order chi connectivity index (χ0) is 20.4. The third-order valence-corrected chi connectivity index (χ3v) is 11.3. The number of nitrogens with zero attached hydrogens (tertiary/aromatic N) is 1. The summed E-state index contributed by atoms with van der Waals surface area (Å²) in [6.07, 6.45) is 4.79. The van der Waals surface area contributed by atoms with Crippen LogP contribution in [0, 0.1) is 16.7 Å². The molecule has 1 saturated heterocycles. The van der Waals surface area contributed by atoms with E-state index < -0.39 is 20.0 Å². The topological polar surface area (TPSA) is 83.5 Å². The van der Waals surface area contributed by atoms with Gasteiger partial charge in [-0.05, 0) is 73.1 Å². The number of nitrogens with one attached hydrogen (secondary N) is 1. The van der Waals surface area contributed by atoms with Crippen molar-refractivity contribution in [2.24, 2.45) is 16.7 Å². The highest BCUT2D eigenvalue weighted by molar-refractivity contribution is 7.89. The minimum absolute atomic E-state index is 0.0518. The van der Waals surface area contributed by atoms with E-state index in [1.54, 1.807) is 0 Å². The van der Waals surface area contributed by atoms with Crippen molar-refractivity contribution in [3.05, 3.63) is 24.3 Å². The summed E-state index contributed by atoms with van der Waals surface area (Å²) in [7, 11) is -7.23. The van der Waals surface area contributed by atoms with E-state index in [4.69, 9.17) is 0 Å². The van der Waals surface area contributed by atoms with Crippen molar-refractivity contribution < 1.29 is 16.8 Å². The Morgan fingerprint density at radius 3 is 2.04 bits per heavy atom. The van der Waals surface area contributed by atoms with Gasteiger partial charge >= 0.3 is 0 Å². The van der Waals surface area contributed by atoms with E-state index in [1.165, 1.54) is 28.6 Å². The van der Waals surface area contributed by atoms with Gasteiger partial charge in [0.1, 0.15) is 0 Å². The second-order valence-corrected chi connectivity index (χ2v) is 13.0. The molecule has 2 aliphatic carbocycles. The first-order valence-corrected chi connectivity index (χ1v) is 13.0. The molecule has 8 heteroatoms. The highest BCUT2D eigenvalue weighted by Gasteiger charge is 2.61. The van der Waals surface area contributed by atoms with E-state index in [9.17, 15) is 16.8 Å². The van der Waals surface area contributed by atoms with Crippen molar-refractivity contribution in [3.8, 4) is 0 Å². The largest absolute Gasteiger partial charge is 0.243 e. The summed E-state index contributed by atoms with van der Waals surface area (Å²) < 4.78 is 55.6. The van der Waals surface area contributed by atoms with Crippen LogP contribution >= 0.6 is 0 Å². The molecule has 3 aliphatic rings. The summed E-state index contributed by atoms with van der Waals surface area (Å²) >= 11 is 0. The Balaban J connectivity index is 1.54. The summed E-state index contributed by atoms with van der Waals surface area (Å²) in [6, 6.07) is 5.56. The molecule has 2 saturated carbocycles. The lowest BCUT2D eigenvalue weighted by atomic mass is 9.69. The fourth-order valence-corrected chi connectivity index (χ4v) is 8.38. The standard InChI is InChI=1S/C20H30N2O4S2/c1-19(2)15-10-11-20(19,3)18(14-15)21-27(23,24)16-6-8-17(9-7-16)28(25,26)22-12-4-5-13-22/h6-9,15,18,21H,4-5,10-14H2,1-3H3/t15-,18-,20-/m0/s1. The Bertz CT molecular complexity index is 964. The van der Waals surface area contributed by atoms with Crippen LogP contribution in [0.3, 0.4) is 0 Å². The van der Waals surface area contributed by atoms with Crippen molar-refractivity contribution in [1.82, 2.24) is 9.03 Å². The average molecular weight is 427 g/mol. The third kappa shape index (κ3) is 2.95. The Hall–Kier alpha value is -0.960. The van der Waals surface area contributed by atoms with Gasteiger partial charge in [-0.3, -0.25) is 0 Å². The van der Waals surface area contributed by atoms with Gasteiger partial charge in [-0.25, -0.2) is 21.6 Å². The number of hydrogen-bond acceptors (Lipinski definition) is 4. The predicted octanol–water partition coefficient (Wildman–Crippen LogP) is 2.96. The molecule has 0 aromatic heterocycles. The first kappa shape index (κ1) is 20.3. The Labute approximate surface area is 168 Å². The normalized spacial score (nSPS) is 32.8. The van der Waals surface area contributed by atoms with E-state index in [0.29, 0.717) is 19.0 Å². The van der Waals surface area contributed by atoms with Gasteiger partial charge in [0.2, 0.25) is 20.0 Å². The van der Waals surface area contributed by atoms with Crippen molar-refractivity contribution in [1.29, 1.82) is 0 Å². The molecule has 2 bridgehead atoms. The van der Waals surface area contributed by atoms with Crippen molar-refractivity contribution in [3.63, 3.8) is 0 Å². The van der Waals surface area contributed by atoms with Crippen LogP contribution in [0.2, 0.25) is 0 Å². The molecule has 3 atom stereocenters. The fourth-order valence-electron chi connectivity index (χ4n) is 5.51. The third-order valence-electron chi connectivity index (χ3n) is 7.93. The lowest BCUT2D eigenvalue weighted by Gasteiger charge is -2.39. The molecule has 156 valence electrons. The molecule has 1 aromatic rings. The Kier molecular flexibility index (Phi) is 4.73. The average Bonchev–Trinajstić information content (AvgIpc) is 3.29. The number of fused-ring (bicyclic) bond motifs is 2.